The normalized spacial score (nSPS) is 14.7. The van der Waals surface area contributed by atoms with Gasteiger partial charge in [0, 0.05) is 24.0 Å². The van der Waals surface area contributed by atoms with Crippen LogP contribution < -0.4 is 9.62 Å². The van der Waals surface area contributed by atoms with Crippen LogP contribution in [0.1, 0.15) is 68.6 Å². The Morgan fingerprint density at radius 2 is 1.56 bits per heavy atom. The quantitative estimate of drug-likeness (QED) is 0.256. The Labute approximate surface area is 261 Å². The van der Waals surface area contributed by atoms with Crippen LogP contribution in [0.25, 0.3) is 0 Å². The van der Waals surface area contributed by atoms with Crippen LogP contribution in [0, 0.1) is 0 Å². The monoisotopic (exact) mass is 623 g/mol. The summed E-state index contributed by atoms with van der Waals surface area (Å²) in [5.41, 5.74) is 3.11. The van der Waals surface area contributed by atoms with Gasteiger partial charge < -0.3 is 10.2 Å². The molecule has 0 unspecified atom stereocenters. The summed E-state index contributed by atoms with van der Waals surface area (Å²) in [6.07, 6.45) is 6.44. The van der Waals surface area contributed by atoms with Crippen molar-refractivity contribution >= 4 is 39.1 Å². The first-order chi connectivity index (χ1) is 20.5. The smallest absolute Gasteiger partial charge is 0.244 e. The van der Waals surface area contributed by atoms with E-state index >= 15 is 0 Å². The Kier molecular flexibility index (Phi) is 11.3. The summed E-state index contributed by atoms with van der Waals surface area (Å²) in [7, 11) is -3.82. The summed E-state index contributed by atoms with van der Waals surface area (Å²) in [4.78, 5) is 29.8. The second-order valence-corrected chi connectivity index (χ2v) is 14.1. The molecule has 7 nitrogen and oxygen atoms in total. The number of halogens is 1. The Balaban J connectivity index is 1.71. The second kappa shape index (κ2) is 14.9. The van der Waals surface area contributed by atoms with Gasteiger partial charge in [-0.05, 0) is 59.7 Å². The number of hydrogen-bond acceptors (Lipinski definition) is 4. The third kappa shape index (κ3) is 9.31. The predicted octanol–water partition coefficient (Wildman–Crippen LogP) is 6.32. The molecule has 0 aliphatic heterocycles. The molecule has 1 atom stereocenters. The van der Waals surface area contributed by atoms with Crippen molar-refractivity contribution in [3.05, 3.63) is 101 Å². The lowest BCUT2D eigenvalue weighted by atomic mass is 9.94. The fourth-order valence-electron chi connectivity index (χ4n) is 5.57. The highest BCUT2D eigenvalue weighted by molar-refractivity contribution is 7.92. The van der Waals surface area contributed by atoms with Crippen molar-refractivity contribution in [2.75, 3.05) is 17.1 Å². The maximum absolute atomic E-state index is 14.3. The number of anilines is 1. The van der Waals surface area contributed by atoms with E-state index < -0.39 is 28.5 Å². The van der Waals surface area contributed by atoms with Crippen LogP contribution in [0.15, 0.2) is 78.9 Å². The molecule has 1 aliphatic rings. The Morgan fingerprint density at radius 3 is 2.16 bits per heavy atom. The van der Waals surface area contributed by atoms with Gasteiger partial charge in [0.05, 0.1) is 11.9 Å². The molecule has 3 aromatic carbocycles. The number of nitrogens with zero attached hydrogens (tertiary/aromatic N) is 2. The summed E-state index contributed by atoms with van der Waals surface area (Å²) in [5, 5.41) is 3.73. The molecule has 1 aliphatic carbocycles. The molecular formula is C34H42ClN3O4S. The van der Waals surface area contributed by atoms with Crippen LogP contribution in [0.5, 0.6) is 0 Å². The van der Waals surface area contributed by atoms with Crippen molar-refractivity contribution in [1.29, 1.82) is 0 Å². The Hall–Kier alpha value is -3.36. The third-order valence-corrected chi connectivity index (χ3v) is 9.37. The van der Waals surface area contributed by atoms with E-state index in [2.05, 4.69) is 19.2 Å². The summed E-state index contributed by atoms with van der Waals surface area (Å²) >= 11 is 6.30. The molecule has 1 saturated carbocycles. The molecular weight excluding hydrogens is 582 g/mol. The average molecular weight is 624 g/mol. The van der Waals surface area contributed by atoms with E-state index in [4.69, 9.17) is 11.6 Å². The van der Waals surface area contributed by atoms with Crippen LogP contribution in [0.4, 0.5) is 5.69 Å². The van der Waals surface area contributed by atoms with E-state index in [9.17, 15) is 18.0 Å². The van der Waals surface area contributed by atoms with Gasteiger partial charge in [-0.15, -0.1) is 0 Å². The first-order valence-electron chi connectivity index (χ1n) is 15.0. The summed E-state index contributed by atoms with van der Waals surface area (Å²) in [6, 6.07) is 23.1. The minimum Gasteiger partial charge on any atom is -0.352 e. The molecule has 0 heterocycles. The fourth-order valence-corrected chi connectivity index (χ4v) is 6.63. The molecule has 0 saturated heterocycles. The molecule has 0 aromatic heterocycles. The predicted molar refractivity (Wildman–Crippen MR) is 174 cm³/mol. The molecule has 1 N–H and O–H groups in total. The largest absolute Gasteiger partial charge is 0.352 e. The fraction of sp³-hybridized carbons (Fsp3) is 0.412. The van der Waals surface area contributed by atoms with Gasteiger partial charge in [-0.1, -0.05) is 99.3 Å². The Morgan fingerprint density at radius 1 is 0.907 bits per heavy atom. The average Bonchev–Trinajstić information content (AvgIpc) is 2.98. The van der Waals surface area contributed by atoms with Crippen molar-refractivity contribution in [2.45, 2.75) is 76.9 Å². The van der Waals surface area contributed by atoms with Crippen LogP contribution in [-0.4, -0.2) is 50.0 Å². The van der Waals surface area contributed by atoms with E-state index in [1.165, 1.54) is 4.90 Å². The van der Waals surface area contributed by atoms with Crippen molar-refractivity contribution in [2.24, 2.45) is 0 Å². The molecule has 0 bridgehead atoms. The number of benzene rings is 3. The lowest BCUT2D eigenvalue weighted by Crippen LogP contribution is -2.55. The highest BCUT2D eigenvalue weighted by Crippen LogP contribution is 2.24. The van der Waals surface area contributed by atoms with Crippen molar-refractivity contribution in [1.82, 2.24) is 10.2 Å². The number of nitrogens with one attached hydrogen (secondary N) is 1. The molecule has 0 spiro atoms. The van der Waals surface area contributed by atoms with E-state index in [1.807, 2.05) is 48.5 Å². The van der Waals surface area contributed by atoms with Crippen LogP contribution in [-0.2, 0) is 32.6 Å². The molecule has 43 heavy (non-hydrogen) atoms. The van der Waals surface area contributed by atoms with Crippen molar-refractivity contribution in [3.63, 3.8) is 0 Å². The minimum absolute atomic E-state index is 0.0506. The summed E-state index contributed by atoms with van der Waals surface area (Å²) < 4.78 is 27.2. The molecule has 0 radical (unpaired) electrons. The van der Waals surface area contributed by atoms with Gasteiger partial charge in [0.1, 0.15) is 12.6 Å². The van der Waals surface area contributed by atoms with E-state index in [-0.39, 0.29) is 30.8 Å². The topological polar surface area (TPSA) is 86.8 Å². The SMILES string of the molecule is CC(C)c1ccc(N(CC(=O)N(Cc2cccc(Cl)c2)[C@@H](Cc2ccccc2)C(=O)NC2CCCCC2)S(C)(=O)=O)cc1. The number of sulfonamides is 1. The molecule has 2 amide bonds. The van der Waals surface area contributed by atoms with Gasteiger partial charge in [-0.2, -0.15) is 0 Å². The number of carbonyl (C=O) groups excluding carboxylic acids is 2. The zero-order chi connectivity index (χ0) is 31.0. The number of carbonyl (C=O) groups is 2. The van der Waals surface area contributed by atoms with Crippen LogP contribution in [0.2, 0.25) is 5.02 Å². The standard InChI is InChI=1S/C34H42ClN3O4S/c1-25(2)28-17-19-31(20-18-28)38(43(3,41)42)24-33(39)37(23-27-13-10-14-29(35)21-27)32(22-26-11-6-4-7-12-26)34(40)36-30-15-8-5-9-16-30/h4,6-7,10-14,17-21,25,30,32H,5,8-9,15-16,22-24H2,1-3H3,(H,36,40)/t32-/m0/s1. The number of amides is 2. The van der Waals surface area contributed by atoms with Crippen LogP contribution in [0.3, 0.4) is 0 Å². The summed E-state index contributed by atoms with van der Waals surface area (Å²) in [6.45, 7) is 3.78. The highest BCUT2D eigenvalue weighted by Gasteiger charge is 2.34. The van der Waals surface area contributed by atoms with E-state index in [0.29, 0.717) is 10.7 Å². The third-order valence-electron chi connectivity index (χ3n) is 7.99. The van der Waals surface area contributed by atoms with E-state index in [1.54, 1.807) is 30.3 Å². The zero-order valence-electron chi connectivity index (χ0n) is 25.2. The first kappa shape index (κ1) is 32.6. The zero-order valence-corrected chi connectivity index (χ0v) is 26.8. The van der Waals surface area contributed by atoms with E-state index in [0.717, 1.165) is 59.4 Å². The van der Waals surface area contributed by atoms with Gasteiger partial charge >= 0.3 is 0 Å². The highest BCUT2D eigenvalue weighted by atomic mass is 35.5. The van der Waals surface area contributed by atoms with Gasteiger partial charge in [0.25, 0.3) is 0 Å². The van der Waals surface area contributed by atoms with Crippen LogP contribution >= 0.6 is 11.6 Å². The van der Waals surface area contributed by atoms with Gasteiger partial charge in [0.2, 0.25) is 21.8 Å². The molecule has 1 fully saturated rings. The lowest BCUT2D eigenvalue weighted by molar-refractivity contribution is -0.140. The number of rotatable bonds is 12. The lowest BCUT2D eigenvalue weighted by Gasteiger charge is -2.35. The van der Waals surface area contributed by atoms with Gasteiger partial charge in [-0.3, -0.25) is 13.9 Å². The van der Waals surface area contributed by atoms with Crippen molar-refractivity contribution in [3.8, 4) is 0 Å². The Bertz CT molecular complexity index is 1470. The molecule has 4 rings (SSSR count). The van der Waals surface area contributed by atoms with Gasteiger partial charge in [-0.25, -0.2) is 8.42 Å². The maximum Gasteiger partial charge on any atom is 0.244 e. The van der Waals surface area contributed by atoms with Crippen molar-refractivity contribution < 1.29 is 18.0 Å². The molecule has 9 heteroatoms. The molecule has 230 valence electrons. The first-order valence-corrected chi connectivity index (χ1v) is 17.2. The number of hydrogen-bond donors (Lipinski definition) is 1. The minimum atomic E-state index is -3.82. The summed E-state index contributed by atoms with van der Waals surface area (Å²) in [5.74, 6) is -0.437. The van der Waals surface area contributed by atoms with Gasteiger partial charge in [0.15, 0.2) is 0 Å². The maximum atomic E-state index is 14.3. The molecule has 3 aromatic rings. The second-order valence-electron chi connectivity index (χ2n) is 11.7.